The van der Waals surface area contributed by atoms with Crippen LogP contribution in [-0.4, -0.2) is 109 Å². The molecule has 0 bridgehead atoms. The van der Waals surface area contributed by atoms with Gasteiger partial charge in [-0.3, -0.25) is 0 Å². The summed E-state index contributed by atoms with van der Waals surface area (Å²) >= 11 is 0. The van der Waals surface area contributed by atoms with Crippen molar-refractivity contribution in [3.63, 3.8) is 0 Å². The first-order valence-corrected chi connectivity index (χ1v) is 24.3. The fourth-order valence-electron chi connectivity index (χ4n) is 10.5. The SMILES string of the molecule is C[C@H](O)CN[C@H](CCCO)[C@@H]1[C+]2C=C([C@@H](O)COc3cc(CC[C-]4C=C(CO)C(CCCCCC[C@H](N)CC[C@H](O)CCc5ccnc(N)c5)[OH+]4)ccc3O)N=C2CC[C@H]2CCC[C@@H]21. The zero-order valence-electron chi connectivity index (χ0n) is 38.2. The Bertz CT molecular complexity index is 1820. The lowest BCUT2D eigenvalue weighted by atomic mass is 9.71. The monoisotopic (exact) mass is 889 g/mol. The van der Waals surface area contributed by atoms with Crippen LogP contribution in [0.3, 0.4) is 0 Å². The van der Waals surface area contributed by atoms with Crippen molar-refractivity contribution in [2.45, 2.75) is 165 Å². The number of anilines is 1. The molecule has 0 saturated heterocycles. The van der Waals surface area contributed by atoms with E-state index in [2.05, 4.69) is 16.4 Å². The number of aliphatic hydroxyl groups excluding tert-OH is 5. The van der Waals surface area contributed by atoms with Crippen molar-refractivity contribution in [2.75, 3.05) is 32.1 Å². The van der Waals surface area contributed by atoms with E-state index in [4.69, 9.17) is 25.9 Å². The molecule has 64 heavy (non-hydrogen) atoms. The number of hydrogen-bond acceptors (Lipinski definition) is 12. The second-order valence-electron chi connectivity index (χ2n) is 19.0. The number of phenols is 1. The van der Waals surface area contributed by atoms with Crippen LogP contribution in [0.25, 0.3) is 0 Å². The van der Waals surface area contributed by atoms with E-state index in [0.29, 0.717) is 67.7 Å². The van der Waals surface area contributed by atoms with E-state index in [1.165, 1.54) is 18.8 Å². The third-order valence-corrected chi connectivity index (χ3v) is 14.0. The summed E-state index contributed by atoms with van der Waals surface area (Å²) in [4.78, 5) is 9.00. The van der Waals surface area contributed by atoms with Gasteiger partial charge in [-0.15, -0.1) is 16.6 Å². The number of aliphatic imine (C=N–C) groups is 1. The fourth-order valence-corrected chi connectivity index (χ4v) is 10.5. The van der Waals surface area contributed by atoms with Gasteiger partial charge in [0, 0.05) is 50.9 Å². The molecule has 0 amide bonds. The highest BCUT2D eigenvalue weighted by atomic mass is 16.5. The number of benzene rings is 1. The van der Waals surface area contributed by atoms with E-state index in [-0.39, 0.29) is 55.8 Å². The molecule has 0 spiro atoms. The Labute approximate surface area is 381 Å². The summed E-state index contributed by atoms with van der Waals surface area (Å²) in [6.07, 6.45) is 22.3. The molecule has 1 unspecified atom stereocenters. The summed E-state index contributed by atoms with van der Waals surface area (Å²) in [5.41, 5.74) is 16.8. The molecule has 354 valence electrons. The van der Waals surface area contributed by atoms with Gasteiger partial charge in [-0.2, -0.15) is 0 Å². The van der Waals surface area contributed by atoms with Gasteiger partial charge in [-0.1, -0.05) is 38.2 Å². The van der Waals surface area contributed by atoms with Crippen LogP contribution in [0.1, 0.15) is 127 Å². The second kappa shape index (κ2) is 25.3. The highest BCUT2D eigenvalue weighted by Gasteiger charge is 2.52. The molecule has 13 heteroatoms. The van der Waals surface area contributed by atoms with Crippen molar-refractivity contribution in [1.82, 2.24) is 10.3 Å². The predicted octanol–water partition coefficient (Wildman–Crippen LogP) is 5.70. The zero-order chi connectivity index (χ0) is 45.4. The molecular formula is C51H78N5O8+. The molecule has 2 fully saturated rings. The summed E-state index contributed by atoms with van der Waals surface area (Å²) in [5.74, 6) is 3.28. The lowest BCUT2D eigenvalue weighted by molar-refractivity contribution is -0.0552. The van der Waals surface area contributed by atoms with Gasteiger partial charge in [0.25, 0.3) is 0 Å². The van der Waals surface area contributed by atoms with Crippen molar-refractivity contribution >= 4 is 11.5 Å². The Kier molecular flexibility index (Phi) is 19.7. The number of aromatic hydroxyl groups is 1. The van der Waals surface area contributed by atoms with E-state index in [1.807, 2.05) is 30.3 Å². The second-order valence-corrected chi connectivity index (χ2v) is 19.0. The predicted molar refractivity (Wildman–Crippen MR) is 252 cm³/mol. The summed E-state index contributed by atoms with van der Waals surface area (Å²) in [6.45, 7) is 2.32. The van der Waals surface area contributed by atoms with Gasteiger partial charge in [-0.25, -0.2) is 4.98 Å². The minimum Gasteiger partial charge on any atom is -0.504 e. The number of hydrogen-bond donors (Lipinski definition) is 9. The Morgan fingerprint density at radius 2 is 1.78 bits per heavy atom. The summed E-state index contributed by atoms with van der Waals surface area (Å²) in [6, 6.07) is 9.28. The number of nitrogens with one attached hydrogen (secondary N) is 1. The lowest BCUT2D eigenvalue weighted by Gasteiger charge is -2.33. The van der Waals surface area contributed by atoms with E-state index >= 15 is 0 Å². The smallest absolute Gasteiger partial charge is 0.208 e. The molecule has 2 aromatic rings. The van der Waals surface area contributed by atoms with Crippen LogP contribution in [0.5, 0.6) is 11.5 Å². The van der Waals surface area contributed by atoms with Crippen LogP contribution in [0.15, 0.2) is 64.9 Å². The van der Waals surface area contributed by atoms with E-state index in [0.717, 1.165) is 106 Å². The maximum absolute atomic E-state index is 11.4. The summed E-state index contributed by atoms with van der Waals surface area (Å²) < 4.78 is 11.0. The highest BCUT2D eigenvalue weighted by molar-refractivity contribution is 6.03. The number of aryl methyl sites for hydroxylation is 2. The minimum absolute atomic E-state index is 0.00539. The van der Waals surface area contributed by atoms with Gasteiger partial charge >= 0.3 is 0 Å². The normalized spacial score (nSPS) is 23.1. The first kappa shape index (κ1) is 49.8. The number of pyridine rings is 1. The van der Waals surface area contributed by atoms with Crippen LogP contribution in [0.2, 0.25) is 0 Å². The molecule has 6 rings (SSSR count). The average Bonchev–Trinajstić information content (AvgIpc) is 4.02. The van der Waals surface area contributed by atoms with Crippen molar-refractivity contribution in [1.29, 1.82) is 0 Å². The van der Waals surface area contributed by atoms with Crippen LogP contribution in [-0.2, 0) is 12.8 Å². The van der Waals surface area contributed by atoms with E-state index in [1.54, 1.807) is 19.2 Å². The fraction of sp³-hybridized carbons (Fsp3) is 0.647. The van der Waals surface area contributed by atoms with Crippen molar-refractivity contribution in [3.05, 3.63) is 83.1 Å². The number of aromatic nitrogens is 1. The average molecular weight is 889 g/mol. The van der Waals surface area contributed by atoms with Gasteiger partial charge in [0.05, 0.1) is 24.2 Å². The summed E-state index contributed by atoms with van der Waals surface area (Å²) in [5, 5.41) is 66.2. The molecule has 1 aromatic heterocycles. The van der Waals surface area contributed by atoms with Crippen LogP contribution in [0, 0.1) is 29.8 Å². The molecule has 4 aliphatic rings. The van der Waals surface area contributed by atoms with Gasteiger partial charge in [0.15, 0.2) is 17.6 Å². The summed E-state index contributed by atoms with van der Waals surface area (Å²) in [7, 11) is 0. The molecule has 13 nitrogen and oxygen atoms in total. The van der Waals surface area contributed by atoms with Crippen LogP contribution < -0.4 is 21.5 Å². The van der Waals surface area contributed by atoms with Gasteiger partial charge in [0.1, 0.15) is 36.2 Å². The van der Waals surface area contributed by atoms with Crippen LogP contribution in [0.4, 0.5) is 5.82 Å². The number of ether oxygens (including phenoxy) is 2. The van der Waals surface area contributed by atoms with Crippen LogP contribution >= 0.6 is 0 Å². The Balaban J connectivity index is 0.912. The van der Waals surface area contributed by atoms with E-state index in [9.17, 15) is 30.6 Å². The molecule has 2 aliphatic carbocycles. The quantitative estimate of drug-likeness (QED) is 0.0286. The standard InChI is InChI=1S/C51H77N5O8/c1-33(59)30-55-44(11-7-25-57)51-41-10-6-8-36(41)16-21-43-42(51)29-45(56-43)47(62)32-63-49-26-34(15-22-46(49)61)14-20-40-28-37(31-58)48(64-40)12-5-3-2-4-9-38(52)17-19-39(60)18-13-35-23-24-54-50(53)27-35/h15,22-24,26-29,33,36,38-39,41,44,47-48,51,55,57-60,62,64H,2-14,16-21,25,30-32,52H2,1H3,(H2-,53,54,61)/p+1/t33-,36+,38-,39+,41-,44+,47-,48?,51-/m0/s1. The molecule has 9 atom stereocenters. The number of nitrogen functional groups attached to an aromatic ring is 1. The number of fused-ring (bicyclic) bond motifs is 2. The Morgan fingerprint density at radius 1 is 0.953 bits per heavy atom. The Hall–Kier alpha value is -3.66. The van der Waals surface area contributed by atoms with E-state index < -0.39 is 12.2 Å². The topological polar surface area (TPSA) is 233 Å². The minimum atomic E-state index is -0.985. The van der Waals surface area contributed by atoms with Gasteiger partial charge in [-0.05, 0) is 131 Å². The number of phenolic OH excluding ortho intramolecular Hbond substituents is 1. The zero-order valence-corrected chi connectivity index (χ0v) is 38.2. The van der Waals surface area contributed by atoms with Gasteiger partial charge < -0.3 is 56.9 Å². The van der Waals surface area contributed by atoms with Gasteiger partial charge in [0.2, 0.25) is 5.70 Å². The number of nitrogens with zero attached hydrogens (tertiary/aromatic N) is 2. The maximum atomic E-state index is 11.4. The molecule has 2 aliphatic heterocycles. The first-order chi connectivity index (χ1) is 31.0. The molecule has 12 N–H and O–H groups in total. The third kappa shape index (κ3) is 14.7. The molecule has 0 radical (unpaired) electrons. The highest BCUT2D eigenvalue weighted by Crippen LogP contribution is 2.50. The molecule has 2 saturated carbocycles. The molecular weight excluding hydrogens is 811 g/mol. The third-order valence-electron chi connectivity index (χ3n) is 14.0. The molecule has 1 aromatic carbocycles. The largest absolute Gasteiger partial charge is 0.504 e. The number of unbranched alkanes of at least 4 members (excludes halogenated alkanes) is 3. The Morgan fingerprint density at radius 3 is 2.58 bits per heavy atom. The lowest BCUT2D eigenvalue weighted by Crippen LogP contribution is -2.46. The molecule has 3 heterocycles. The number of allylic oxidation sites excluding steroid dienone is 1. The number of nitrogens with two attached hydrogens (primary N) is 2. The van der Waals surface area contributed by atoms with Crippen molar-refractivity contribution in [2.24, 2.45) is 28.5 Å². The maximum Gasteiger partial charge on any atom is 0.208 e. The first-order valence-electron chi connectivity index (χ1n) is 24.3. The van der Waals surface area contributed by atoms with Crippen molar-refractivity contribution < 1.29 is 40.1 Å². The number of aliphatic hydroxyl groups is 7. The van der Waals surface area contributed by atoms with Crippen molar-refractivity contribution in [3.8, 4) is 11.5 Å². The number of rotatable bonds is 28.